The number of carbonyl (C=O) groups is 2. The van der Waals surface area contributed by atoms with Gasteiger partial charge in [-0.05, 0) is 18.9 Å². The average molecular weight is 308 g/mol. The van der Waals surface area contributed by atoms with Gasteiger partial charge in [0.15, 0.2) is 0 Å². The molecule has 2 N–H and O–H groups in total. The molecule has 1 fully saturated rings. The largest absolute Gasteiger partial charge is 0.381 e. The van der Waals surface area contributed by atoms with Crippen molar-refractivity contribution in [2.45, 2.75) is 38.3 Å². The van der Waals surface area contributed by atoms with E-state index in [4.69, 9.17) is 10.5 Å². The molecule has 0 radical (unpaired) electrons. The molecule has 2 atom stereocenters. The lowest BCUT2D eigenvalue weighted by Gasteiger charge is -2.37. The third-order valence-corrected chi connectivity index (χ3v) is 4.12. The van der Waals surface area contributed by atoms with Gasteiger partial charge in [0.05, 0.1) is 6.10 Å². The minimum absolute atomic E-state index is 0.000578. The van der Waals surface area contributed by atoms with Crippen LogP contribution in [0.2, 0.25) is 0 Å². The molecule has 2 amide bonds. The van der Waals surface area contributed by atoms with Gasteiger partial charge in [-0.1, -0.05) is 0 Å². The number of carbonyl (C=O) groups excluding carboxylic acids is 2. The normalized spacial score (nSPS) is 21.8. The van der Waals surface area contributed by atoms with Gasteiger partial charge in [0.2, 0.25) is 11.8 Å². The summed E-state index contributed by atoms with van der Waals surface area (Å²) >= 11 is 0. The van der Waals surface area contributed by atoms with Crippen LogP contribution in [0.5, 0.6) is 0 Å². The van der Waals surface area contributed by atoms with Crippen LogP contribution in [-0.2, 0) is 20.9 Å². The number of aryl methyl sites for hydroxylation is 1. The molecule has 0 aromatic carbocycles. The van der Waals surface area contributed by atoms with Crippen LogP contribution in [0.15, 0.2) is 18.5 Å². The topological polar surface area (TPSA) is 90.4 Å². The van der Waals surface area contributed by atoms with Crippen molar-refractivity contribution in [3.05, 3.63) is 18.5 Å². The first-order chi connectivity index (χ1) is 10.6. The number of nitrogens with zero attached hydrogens (tertiary/aromatic N) is 3. The van der Waals surface area contributed by atoms with E-state index < -0.39 is 0 Å². The van der Waals surface area contributed by atoms with Gasteiger partial charge in [0.1, 0.15) is 0 Å². The lowest BCUT2D eigenvalue weighted by molar-refractivity contribution is -0.137. The Hall–Kier alpha value is -1.89. The Morgan fingerprint density at radius 3 is 2.91 bits per heavy atom. The summed E-state index contributed by atoms with van der Waals surface area (Å²) in [6.45, 7) is 1.95. The third-order valence-electron chi connectivity index (χ3n) is 4.12. The standard InChI is InChI=1S/C15H24N4O3/c1-22-13-5-9-18(11-12(13)10-14(16)20)15(21)4-2-7-19-8-3-6-17-19/h3,6,8,12-13H,2,4-5,7,9-11H2,1H3,(H2,16,20)/t12-,13-/m1/s1. The molecule has 0 saturated carbocycles. The zero-order chi connectivity index (χ0) is 15.9. The van der Waals surface area contributed by atoms with E-state index in [-0.39, 0.29) is 30.3 Å². The van der Waals surface area contributed by atoms with Gasteiger partial charge in [-0.3, -0.25) is 14.3 Å². The molecular weight excluding hydrogens is 284 g/mol. The first-order valence-electron chi connectivity index (χ1n) is 7.66. The molecule has 2 rings (SSSR count). The summed E-state index contributed by atoms with van der Waals surface area (Å²) in [4.78, 5) is 25.3. The van der Waals surface area contributed by atoms with E-state index in [2.05, 4.69) is 5.10 Å². The average Bonchev–Trinajstić information content (AvgIpc) is 2.99. The molecule has 0 unspecified atom stereocenters. The van der Waals surface area contributed by atoms with Crippen molar-refractivity contribution in [2.24, 2.45) is 11.7 Å². The van der Waals surface area contributed by atoms with Crippen LogP contribution < -0.4 is 5.73 Å². The van der Waals surface area contributed by atoms with E-state index in [9.17, 15) is 9.59 Å². The molecular formula is C15H24N4O3. The summed E-state index contributed by atoms with van der Waals surface area (Å²) in [5.41, 5.74) is 5.29. The Morgan fingerprint density at radius 1 is 1.45 bits per heavy atom. The van der Waals surface area contributed by atoms with Gasteiger partial charge in [-0.2, -0.15) is 5.10 Å². The van der Waals surface area contributed by atoms with Gasteiger partial charge in [0.25, 0.3) is 0 Å². The Bertz CT molecular complexity index is 489. The predicted octanol–water partition coefficient (Wildman–Crippen LogP) is 0.402. The number of methoxy groups -OCH3 is 1. The first kappa shape index (κ1) is 16.5. The van der Waals surface area contributed by atoms with Gasteiger partial charge < -0.3 is 15.4 Å². The molecule has 2 heterocycles. The second-order valence-electron chi connectivity index (χ2n) is 5.71. The Balaban J connectivity index is 1.80. The van der Waals surface area contributed by atoms with Crippen LogP contribution >= 0.6 is 0 Å². The molecule has 1 aromatic rings. The first-order valence-corrected chi connectivity index (χ1v) is 7.66. The highest BCUT2D eigenvalue weighted by Gasteiger charge is 2.32. The minimum atomic E-state index is -0.347. The van der Waals surface area contributed by atoms with Crippen LogP contribution in [0.25, 0.3) is 0 Å². The fourth-order valence-electron chi connectivity index (χ4n) is 2.99. The fraction of sp³-hybridized carbons (Fsp3) is 0.667. The summed E-state index contributed by atoms with van der Waals surface area (Å²) in [5, 5.41) is 4.12. The molecule has 1 aliphatic heterocycles. The van der Waals surface area contributed by atoms with Crippen LogP contribution in [0, 0.1) is 5.92 Å². The smallest absolute Gasteiger partial charge is 0.222 e. The maximum Gasteiger partial charge on any atom is 0.222 e. The molecule has 1 aromatic heterocycles. The summed E-state index contributed by atoms with van der Waals surface area (Å²) in [7, 11) is 1.64. The van der Waals surface area contributed by atoms with E-state index in [0.29, 0.717) is 19.5 Å². The number of amides is 2. The highest BCUT2D eigenvalue weighted by atomic mass is 16.5. The summed E-state index contributed by atoms with van der Waals surface area (Å²) in [6, 6.07) is 1.87. The molecule has 1 aliphatic rings. The Morgan fingerprint density at radius 2 is 2.27 bits per heavy atom. The van der Waals surface area contributed by atoms with Crippen LogP contribution in [0.1, 0.15) is 25.7 Å². The minimum Gasteiger partial charge on any atom is -0.381 e. The molecule has 1 saturated heterocycles. The monoisotopic (exact) mass is 308 g/mol. The summed E-state index contributed by atoms with van der Waals surface area (Å²) < 4.78 is 7.23. The van der Waals surface area contributed by atoms with Crippen molar-refractivity contribution in [2.75, 3.05) is 20.2 Å². The number of ether oxygens (including phenoxy) is 1. The summed E-state index contributed by atoms with van der Waals surface area (Å²) in [6.07, 6.45) is 5.87. The number of aromatic nitrogens is 2. The van der Waals surface area contributed by atoms with E-state index in [1.807, 2.05) is 21.8 Å². The zero-order valence-electron chi connectivity index (χ0n) is 13.0. The second kappa shape index (κ2) is 7.93. The summed E-state index contributed by atoms with van der Waals surface area (Å²) in [5.74, 6) is -0.234. The number of nitrogens with two attached hydrogens (primary N) is 1. The van der Waals surface area contributed by atoms with E-state index in [1.165, 1.54) is 0 Å². The van der Waals surface area contributed by atoms with Crippen molar-refractivity contribution in [3.63, 3.8) is 0 Å². The molecule has 7 nitrogen and oxygen atoms in total. The predicted molar refractivity (Wildman–Crippen MR) is 80.8 cm³/mol. The van der Waals surface area contributed by atoms with Gasteiger partial charge in [0, 0.05) is 57.9 Å². The van der Waals surface area contributed by atoms with Gasteiger partial charge in [-0.15, -0.1) is 0 Å². The third kappa shape index (κ3) is 4.56. The quantitative estimate of drug-likeness (QED) is 0.789. The fourth-order valence-corrected chi connectivity index (χ4v) is 2.99. The zero-order valence-corrected chi connectivity index (χ0v) is 13.0. The van der Waals surface area contributed by atoms with Crippen LogP contribution in [0.3, 0.4) is 0 Å². The van der Waals surface area contributed by atoms with Gasteiger partial charge >= 0.3 is 0 Å². The van der Waals surface area contributed by atoms with E-state index in [0.717, 1.165) is 19.4 Å². The number of rotatable bonds is 7. The maximum atomic E-state index is 12.3. The number of hydrogen-bond donors (Lipinski definition) is 1. The lowest BCUT2D eigenvalue weighted by atomic mass is 9.91. The Kier molecular flexibility index (Phi) is 5.94. The molecule has 0 spiro atoms. The van der Waals surface area contributed by atoms with Crippen molar-refractivity contribution < 1.29 is 14.3 Å². The molecule has 0 aliphatic carbocycles. The van der Waals surface area contributed by atoms with Crippen molar-refractivity contribution >= 4 is 11.8 Å². The van der Waals surface area contributed by atoms with Crippen molar-refractivity contribution in [1.29, 1.82) is 0 Å². The Labute approximate surface area is 130 Å². The second-order valence-corrected chi connectivity index (χ2v) is 5.71. The highest BCUT2D eigenvalue weighted by molar-refractivity contribution is 5.77. The molecule has 0 bridgehead atoms. The highest BCUT2D eigenvalue weighted by Crippen LogP contribution is 2.23. The maximum absolute atomic E-state index is 12.3. The van der Waals surface area contributed by atoms with Crippen LogP contribution in [0.4, 0.5) is 0 Å². The number of piperidine rings is 1. The van der Waals surface area contributed by atoms with Gasteiger partial charge in [-0.25, -0.2) is 0 Å². The molecule has 22 heavy (non-hydrogen) atoms. The number of primary amides is 1. The number of hydrogen-bond acceptors (Lipinski definition) is 4. The van der Waals surface area contributed by atoms with E-state index >= 15 is 0 Å². The SMILES string of the molecule is CO[C@@H]1CCN(C(=O)CCCn2cccn2)C[C@H]1CC(N)=O. The van der Waals surface area contributed by atoms with Crippen LogP contribution in [-0.4, -0.2) is 52.8 Å². The van der Waals surface area contributed by atoms with Crippen molar-refractivity contribution in [1.82, 2.24) is 14.7 Å². The van der Waals surface area contributed by atoms with E-state index in [1.54, 1.807) is 13.3 Å². The molecule has 122 valence electrons. The number of likely N-dealkylation sites (tertiary alicyclic amines) is 1. The van der Waals surface area contributed by atoms with Crippen molar-refractivity contribution in [3.8, 4) is 0 Å². The molecule has 7 heteroatoms. The lowest BCUT2D eigenvalue weighted by Crippen LogP contribution is -2.47.